The van der Waals surface area contributed by atoms with Crippen LogP contribution in [-0.4, -0.2) is 54.4 Å². The molecule has 0 bridgehead atoms. The Labute approximate surface area is 108 Å². The Kier molecular flexibility index (Phi) is 4.77. The van der Waals surface area contributed by atoms with Crippen molar-refractivity contribution in [3.05, 3.63) is 29.8 Å². The third-order valence-electron chi connectivity index (χ3n) is 3.48. The quantitative estimate of drug-likeness (QED) is 0.715. The molecular formula is C13H20BNO3. The van der Waals surface area contributed by atoms with Gasteiger partial charge in [0.2, 0.25) is 0 Å². The van der Waals surface area contributed by atoms with Crippen molar-refractivity contribution in [1.82, 2.24) is 4.90 Å². The van der Waals surface area contributed by atoms with Gasteiger partial charge in [0, 0.05) is 19.1 Å². The normalized spacial score (nSPS) is 18.6. The van der Waals surface area contributed by atoms with Crippen LogP contribution in [0.5, 0.6) is 0 Å². The summed E-state index contributed by atoms with van der Waals surface area (Å²) in [6.07, 6.45) is 0.974. The van der Waals surface area contributed by atoms with Crippen molar-refractivity contribution in [2.45, 2.75) is 19.4 Å². The summed E-state index contributed by atoms with van der Waals surface area (Å²) in [6, 6.07) is 7.95. The average molecular weight is 249 g/mol. The predicted octanol–water partition coefficient (Wildman–Crippen LogP) is -0.370. The summed E-state index contributed by atoms with van der Waals surface area (Å²) in [5.41, 5.74) is 1.76. The molecule has 0 aliphatic carbocycles. The summed E-state index contributed by atoms with van der Waals surface area (Å²) in [4.78, 5) is 2.43. The molecule has 1 aliphatic heterocycles. The summed E-state index contributed by atoms with van der Waals surface area (Å²) >= 11 is 0. The van der Waals surface area contributed by atoms with Gasteiger partial charge in [-0.05, 0) is 24.4 Å². The molecule has 1 aromatic carbocycles. The smallest absolute Gasteiger partial charge is 0.423 e. The minimum absolute atomic E-state index is 0.485. The van der Waals surface area contributed by atoms with Gasteiger partial charge in [0.15, 0.2) is 0 Å². The predicted molar refractivity (Wildman–Crippen MR) is 71.8 cm³/mol. The minimum atomic E-state index is -1.38. The van der Waals surface area contributed by atoms with E-state index < -0.39 is 7.12 Å². The minimum Gasteiger partial charge on any atom is -0.423 e. The van der Waals surface area contributed by atoms with E-state index in [0.29, 0.717) is 11.5 Å². The Hall–Kier alpha value is -0.875. The first-order valence-corrected chi connectivity index (χ1v) is 6.43. The van der Waals surface area contributed by atoms with Crippen LogP contribution < -0.4 is 5.46 Å². The fraction of sp³-hybridized carbons (Fsp3) is 0.538. The molecular weight excluding hydrogens is 229 g/mol. The molecule has 0 amide bonds. The lowest BCUT2D eigenvalue weighted by Crippen LogP contribution is -2.43. The van der Waals surface area contributed by atoms with Crippen molar-refractivity contribution < 1.29 is 14.8 Å². The van der Waals surface area contributed by atoms with Gasteiger partial charge in [-0.3, -0.25) is 4.90 Å². The van der Waals surface area contributed by atoms with E-state index in [1.165, 1.54) is 5.56 Å². The molecule has 2 rings (SSSR count). The maximum absolute atomic E-state index is 9.03. The summed E-state index contributed by atoms with van der Waals surface area (Å²) in [5, 5.41) is 18.1. The lowest BCUT2D eigenvalue weighted by Gasteiger charge is -2.32. The number of benzene rings is 1. The molecule has 1 aromatic rings. The van der Waals surface area contributed by atoms with Crippen molar-refractivity contribution in [3.63, 3.8) is 0 Å². The van der Waals surface area contributed by atoms with Crippen LogP contribution in [0.4, 0.5) is 0 Å². The van der Waals surface area contributed by atoms with Crippen LogP contribution in [0.2, 0.25) is 0 Å². The number of morpholine rings is 1. The van der Waals surface area contributed by atoms with Crippen molar-refractivity contribution in [2.75, 3.05) is 26.3 Å². The van der Waals surface area contributed by atoms with E-state index in [2.05, 4.69) is 11.8 Å². The zero-order chi connectivity index (χ0) is 13.0. The van der Waals surface area contributed by atoms with Gasteiger partial charge in [-0.25, -0.2) is 0 Å². The second-order valence-corrected chi connectivity index (χ2v) is 4.82. The van der Waals surface area contributed by atoms with Crippen LogP contribution in [0.25, 0.3) is 0 Å². The number of rotatable bonds is 4. The lowest BCUT2D eigenvalue weighted by atomic mass is 9.80. The van der Waals surface area contributed by atoms with Crippen LogP contribution in [0.3, 0.4) is 0 Å². The summed E-state index contributed by atoms with van der Waals surface area (Å²) in [6.45, 7) is 5.85. The molecule has 2 N–H and O–H groups in total. The molecule has 0 spiro atoms. The molecule has 4 nitrogen and oxygen atoms in total. The number of hydrogen-bond donors (Lipinski definition) is 2. The topological polar surface area (TPSA) is 52.9 Å². The monoisotopic (exact) mass is 249 g/mol. The van der Waals surface area contributed by atoms with Gasteiger partial charge in [0.1, 0.15) is 0 Å². The van der Waals surface area contributed by atoms with Crippen LogP contribution in [0, 0.1) is 0 Å². The first-order chi connectivity index (χ1) is 8.66. The molecule has 1 unspecified atom stereocenters. The van der Waals surface area contributed by atoms with Gasteiger partial charge in [-0.1, -0.05) is 24.3 Å². The van der Waals surface area contributed by atoms with E-state index in [0.717, 1.165) is 32.7 Å². The van der Waals surface area contributed by atoms with Crippen LogP contribution in [0.15, 0.2) is 24.3 Å². The highest BCUT2D eigenvalue weighted by molar-refractivity contribution is 6.58. The van der Waals surface area contributed by atoms with Crippen LogP contribution in [-0.2, 0) is 11.2 Å². The van der Waals surface area contributed by atoms with Gasteiger partial charge in [0.05, 0.1) is 13.2 Å². The standard InChI is InChI=1S/C13H20BNO3/c1-11(15-6-8-18-9-7-15)10-12-2-4-13(5-3-12)14(16)17/h2-5,11,16-17H,6-10H2,1H3. The third kappa shape index (κ3) is 3.56. The van der Waals surface area contributed by atoms with E-state index in [9.17, 15) is 0 Å². The van der Waals surface area contributed by atoms with Gasteiger partial charge >= 0.3 is 7.12 Å². The summed E-state index contributed by atoms with van der Waals surface area (Å²) in [5.74, 6) is 0. The zero-order valence-electron chi connectivity index (χ0n) is 10.7. The Balaban J connectivity index is 1.91. The first kappa shape index (κ1) is 13.6. The highest BCUT2D eigenvalue weighted by Crippen LogP contribution is 2.10. The average Bonchev–Trinajstić information content (AvgIpc) is 2.40. The zero-order valence-corrected chi connectivity index (χ0v) is 10.7. The SMILES string of the molecule is CC(Cc1ccc(B(O)O)cc1)N1CCOCC1. The molecule has 5 heteroatoms. The molecule has 0 saturated carbocycles. The molecule has 1 atom stereocenters. The van der Waals surface area contributed by atoms with Crippen molar-refractivity contribution in [1.29, 1.82) is 0 Å². The molecule has 1 aliphatic rings. The third-order valence-corrected chi connectivity index (χ3v) is 3.48. The fourth-order valence-corrected chi connectivity index (χ4v) is 2.31. The fourth-order valence-electron chi connectivity index (χ4n) is 2.31. The Morgan fingerprint density at radius 1 is 1.22 bits per heavy atom. The maximum Gasteiger partial charge on any atom is 0.488 e. The second kappa shape index (κ2) is 6.34. The van der Waals surface area contributed by atoms with E-state index in [1.807, 2.05) is 12.1 Å². The first-order valence-electron chi connectivity index (χ1n) is 6.43. The molecule has 1 heterocycles. The Morgan fingerprint density at radius 2 is 1.83 bits per heavy atom. The Morgan fingerprint density at radius 3 is 2.39 bits per heavy atom. The largest absolute Gasteiger partial charge is 0.488 e. The van der Waals surface area contributed by atoms with Crippen molar-refractivity contribution >= 4 is 12.6 Å². The highest BCUT2D eigenvalue weighted by Gasteiger charge is 2.17. The summed E-state index contributed by atoms with van der Waals surface area (Å²) in [7, 11) is -1.38. The maximum atomic E-state index is 9.03. The van der Waals surface area contributed by atoms with Gasteiger partial charge in [-0.15, -0.1) is 0 Å². The van der Waals surface area contributed by atoms with Gasteiger partial charge < -0.3 is 14.8 Å². The molecule has 1 fully saturated rings. The second-order valence-electron chi connectivity index (χ2n) is 4.82. The van der Waals surface area contributed by atoms with E-state index in [-0.39, 0.29) is 0 Å². The lowest BCUT2D eigenvalue weighted by molar-refractivity contribution is 0.0203. The summed E-state index contributed by atoms with van der Waals surface area (Å²) < 4.78 is 5.34. The Bertz CT molecular complexity index is 363. The number of nitrogens with zero attached hydrogens (tertiary/aromatic N) is 1. The van der Waals surface area contributed by atoms with Crippen molar-refractivity contribution in [2.24, 2.45) is 0 Å². The molecule has 0 radical (unpaired) electrons. The number of ether oxygens (including phenoxy) is 1. The molecule has 98 valence electrons. The molecule has 0 aromatic heterocycles. The highest BCUT2D eigenvalue weighted by atomic mass is 16.5. The van der Waals surface area contributed by atoms with E-state index >= 15 is 0 Å². The number of hydrogen-bond acceptors (Lipinski definition) is 4. The van der Waals surface area contributed by atoms with E-state index in [4.69, 9.17) is 14.8 Å². The van der Waals surface area contributed by atoms with Gasteiger partial charge in [-0.2, -0.15) is 0 Å². The molecule has 1 saturated heterocycles. The van der Waals surface area contributed by atoms with E-state index in [1.54, 1.807) is 12.1 Å². The van der Waals surface area contributed by atoms with Crippen LogP contribution in [0.1, 0.15) is 12.5 Å². The van der Waals surface area contributed by atoms with Gasteiger partial charge in [0.25, 0.3) is 0 Å². The molecule has 18 heavy (non-hydrogen) atoms. The van der Waals surface area contributed by atoms with Crippen molar-refractivity contribution in [3.8, 4) is 0 Å². The van der Waals surface area contributed by atoms with Crippen LogP contribution >= 0.6 is 0 Å².